The zero-order valence-electron chi connectivity index (χ0n) is 14.9. The highest BCUT2D eigenvalue weighted by Gasteiger charge is 2.19. The molecule has 2 aromatic rings. The van der Waals surface area contributed by atoms with Crippen LogP contribution in [0.3, 0.4) is 0 Å². The maximum Gasteiger partial charge on any atom is 0.307 e. The predicted molar refractivity (Wildman–Crippen MR) is 100 cm³/mol. The fraction of sp³-hybridized carbons (Fsp3) is 0.300. The van der Waals surface area contributed by atoms with Gasteiger partial charge in [-0.15, -0.1) is 0 Å². The van der Waals surface area contributed by atoms with Crippen molar-refractivity contribution < 1.29 is 19.1 Å². The first-order valence-electron chi connectivity index (χ1n) is 8.37. The number of ether oxygens (including phenoxy) is 2. The number of amides is 1. The molecule has 0 atom stereocenters. The van der Waals surface area contributed by atoms with Crippen molar-refractivity contribution in [1.82, 2.24) is 4.90 Å². The van der Waals surface area contributed by atoms with Crippen LogP contribution in [0.1, 0.15) is 29.3 Å². The molecule has 0 bridgehead atoms. The van der Waals surface area contributed by atoms with E-state index in [1.54, 1.807) is 49.3 Å². The van der Waals surface area contributed by atoms with E-state index in [2.05, 4.69) is 0 Å². The van der Waals surface area contributed by atoms with Crippen molar-refractivity contribution in [3.8, 4) is 5.75 Å². The monoisotopic (exact) mass is 375 g/mol. The number of carbonyl (C=O) groups excluding carboxylic acids is 2. The Balaban J connectivity index is 2.22. The molecule has 5 nitrogen and oxygen atoms in total. The molecular weight excluding hydrogens is 354 g/mol. The van der Waals surface area contributed by atoms with Crippen molar-refractivity contribution in [3.63, 3.8) is 0 Å². The molecule has 0 radical (unpaired) electrons. The lowest BCUT2D eigenvalue weighted by molar-refractivity contribution is -0.143. The lowest BCUT2D eigenvalue weighted by atomic mass is 10.1. The zero-order valence-corrected chi connectivity index (χ0v) is 15.7. The van der Waals surface area contributed by atoms with E-state index in [9.17, 15) is 9.59 Å². The minimum atomic E-state index is -0.338. The molecule has 138 valence electrons. The summed E-state index contributed by atoms with van der Waals surface area (Å²) >= 11 is 6.23. The fourth-order valence-corrected chi connectivity index (χ4v) is 2.68. The van der Waals surface area contributed by atoms with Gasteiger partial charge < -0.3 is 14.4 Å². The molecule has 0 unspecified atom stereocenters. The molecule has 0 saturated carbocycles. The van der Waals surface area contributed by atoms with Crippen LogP contribution in [0.4, 0.5) is 0 Å². The van der Waals surface area contributed by atoms with E-state index in [1.165, 1.54) is 0 Å². The number of hydrogen-bond donors (Lipinski definition) is 0. The second kappa shape index (κ2) is 9.82. The van der Waals surface area contributed by atoms with Gasteiger partial charge in [-0.1, -0.05) is 35.9 Å². The van der Waals surface area contributed by atoms with Gasteiger partial charge in [0.2, 0.25) is 0 Å². The van der Waals surface area contributed by atoms with Gasteiger partial charge in [-0.2, -0.15) is 0 Å². The first kappa shape index (κ1) is 19.8. The van der Waals surface area contributed by atoms with Crippen molar-refractivity contribution in [2.45, 2.75) is 19.9 Å². The minimum absolute atomic E-state index is 0.119. The molecule has 6 heteroatoms. The third kappa shape index (κ3) is 5.49. The van der Waals surface area contributed by atoms with Crippen LogP contribution in [0, 0.1) is 0 Å². The Morgan fingerprint density at radius 2 is 1.88 bits per heavy atom. The molecule has 0 fully saturated rings. The summed E-state index contributed by atoms with van der Waals surface area (Å²) in [5.74, 6) is 0.0576. The van der Waals surface area contributed by atoms with Crippen molar-refractivity contribution in [2.24, 2.45) is 0 Å². The van der Waals surface area contributed by atoms with Crippen LogP contribution in [0.5, 0.6) is 5.75 Å². The van der Waals surface area contributed by atoms with E-state index in [4.69, 9.17) is 21.1 Å². The quantitative estimate of drug-likeness (QED) is 0.656. The first-order chi connectivity index (χ1) is 12.5. The van der Waals surface area contributed by atoms with Gasteiger partial charge in [0.05, 0.1) is 20.1 Å². The van der Waals surface area contributed by atoms with Gasteiger partial charge >= 0.3 is 5.97 Å². The van der Waals surface area contributed by atoms with Crippen molar-refractivity contribution in [2.75, 3.05) is 20.3 Å². The highest BCUT2D eigenvalue weighted by atomic mass is 35.5. The van der Waals surface area contributed by atoms with Crippen LogP contribution < -0.4 is 4.74 Å². The number of benzene rings is 2. The van der Waals surface area contributed by atoms with Crippen LogP contribution in [0.15, 0.2) is 48.5 Å². The molecule has 0 aliphatic rings. The van der Waals surface area contributed by atoms with Crippen molar-refractivity contribution in [1.29, 1.82) is 0 Å². The van der Waals surface area contributed by atoms with Gasteiger partial charge in [-0.3, -0.25) is 9.59 Å². The predicted octanol–water partition coefficient (Wildman–Crippen LogP) is 3.94. The van der Waals surface area contributed by atoms with Gasteiger partial charge in [0.25, 0.3) is 5.91 Å². The molecule has 0 N–H and O–H groups in total. The molecule has 2 rings (SSSR count). The summed E-state index contributed by atoms with van der Waals surface area (Å²) in [4.78, 5) is 26.3. The Morgan fingerprint density at radius 3 is 2.58 bits per heavy atom. The summed E-state index contributed by atoms with van der Waals surface area (Å²) in [6.45, 7) is 2.60. The molecule has 1 amide bonds. The fourth-order valence-electron chi connectivity index (χ4n) is 2.48. The summed E-state index contributed by atoms with van der Waals surface area (Å²) < 4.78 is 10.2. The molecule has 0 spiro atoms. The summed E-state index contributed by atoms with van der Waals surface area (Å²) in [5.41, 5.74) is 1.30. The number of methoxy groups -OCH3 is 1. The lowest BCUT2D eigenvalue weighted by Crippen LogP contribution is -2.33. The third-order valence-corrected chi connectivity index (χ3v) is 4.18. The van der Waals surface area contributed by atoms with Crippen LogP contribution in [0.2, 0.25) is 5.02 Å². The maximum atomic E-state index is 13.0. The van der Waals surface area contributed by atoms with Gasteiger partial charge in [-0.05, 0) is 36.8 Å². The molecule has 26 heavy (non-hydrogen) atoms. The Hall–Kier alpha value is -2.53. The Kier molecular flexibility index (Phi) is 7.48. The molecule has 0 aromatic heterocycles. The second-order valence-corrected chi connectivity index (χ2v) is 6.01. The van der Waals surface area contributed by atoms with Crippen molar-refractivity contribution >= 4 is 23.5 Å². The molecule has 0 aliphatic carbocycles. The Labute approximate surface area is 158 Å². The number of nitrogens with zero attached hydrogens (tertiary/aromatic N) is 1. The maximum absolute atomic E-state index is 13.0. The Morgan fingerprint density at radius 1 is 1.12 bits per heavy atom. The average Bonchev–Trinajstić information content (AvgIpc) is 2.66. The van der Waals surface area contributed by atoms with Crippen LogP contribution >= 0.6 is 11.6 Å². The molecule has 0 aliphatic heterocycles. The van der Waals surface area contributed by atoms with Gasteiger partial charge in [0, 0.05) is 23.7 Å². The molecule has 2 aromatic carbocycles. The number of esters is 1. The summed E-state index contributed by atoms with van der Waals surface area (Å²) in [5, 5.41) is 0.576. The highest BCUT2D eigenvalue weighted by molar-refractivity contribution is 6.31. The second-order valence-electron chi connectivity index (χ2n) is 5.61. The highest BCUT2D eigenvalue weighted by Crippen LogP contribution is 2.20. The van der Waals surface area contributed by atoms with Crippen LogP contribution in [-0.4, -0.2) is 37.0 Å². The average molecular weight is 376 g/mol. The van der Waals surface area contributed by atoms with Gasteiger partial charge in [0.15, 0.2) is 0 Å². The van der Waals surface area contributed by atoms with E-state index < -0.39 is 0 Å². The SMILES string of the molecule is CCOC(=O)CCN(Cc1ccccc1Cl)C(=O)c1cccc(OC)c1. The summed E-state index contributed by atoms with van der Waals surface area (Å²) in [6, 6.07) is 14.2. The Bertz CT molecular complexity index is 763. The minimum Gasteiger partial charge on any atom is -0.497 e. The normalized spacial score (nSPS) is 10.3. The molecular formula is C20H22ClNO4. The first-order valence-corrected chi connectivity index (χ1v) is 8.75. The summed E-state index contributed by atoms with van der Waals surface area (Å²) in [6.07, 6.45) is 0.119. The third-order valence-electron chi connectivity index (χ3n) is 3.81. The van der Waals surface area contributed by atoms with Gasteiger partial charge in [0.1, 0.15) is 5.75 Å². The van der Waals surface area contributed by atoms with E-state index >= 15 is 0 Å². The number of halogens is 1. The molecule has 0 saturated heterocycles. The van der Waals surface area contributed by atoms with Gasteiger partial charge in [-0.25, -0.2) is 0 Å². The lowest BCUT2D eigenvalue weighted by Gasteiger charge is -2.23. The zero-order chi connectivity index (χ0) is 18.9. The van der Waals surface area contributed by atoms with E-state index in [0.29, 0.717) is 29.5 Å². The largest absolute Gasteiger partial charge is 0.497 e. The standard InChI is InChI=1S/C20H22ClNO4/c1-3-26-19(23)11-12-22(14-16-7-4-5-10-18(16)21)20(24)15-8-6-9-17(13-15)25-2/h4-10,13H,3,11-12,14H2,1-2H3. The summed E-state index contributed by atoms with van der Waals surface area (Å²) in [7, 11) is 1.55. The topological polar surface area (TPSA) is 55.8 Å². The number of rotatable bonds is 8. The number of carbonyl (C=O) groups is 2. The van der Waals surface area contributed by atoms with Crippen LogP contribution in [-0.2, 0) is 16.1 Å². The smallest absolute Gasteiger partial charge is 0.307 e. The van der Waals surface area contributed by atoms with E-state index in [1.807, 2.05) is 18.2 Å². The molecule has 0 heterocycles. The van der Waals surface area contributed by atoms with Crippen LogP contribution in [0.25, 0.3) is 0 Å². The number of hydrogen-bond acceptors (Lipinski definition) is 4. The van der Waals surface area contributed by atoms with Crippen molar-refractivity contribution in [3.05, 3.63) is 64.7 Å². The van der Waals surface area contributed by atoms with E-state index in [0.717, 1.165) is 5.56 Å². The van der Waals surface area contributed by atoms with E-state index in [-0.39, 0.29) is 24.8 Å².